The van der Waals surface area contributed by atoms with Crippen LogP contribution in [0.5, 0.6) is 0 Å². The summed E-state index contributed by atoms with van der Waals surface area (Å²) in [5, 5.41) is 5.70. The smallest absolute Gasteiger partial charge is 0.237 e. The molecule has 1 fully saturated rings. The first kappa shape index (κ1) is 17.2. The van der Waals surface area contributed by atoms with Crippen molar-refractivity contribution >= 4 is 11.8 Å². The van der Waals surface area contributed by atoms with Crippen LogP contribution in [0.1, 0.15) is 17.7 Å². The van der Waals surface area contributed by atoms with Gasteiger partial charge >= 0.3 is 0 Å². The largest absolute Gasteiger partial charge is 0.469 e. The Hall–Kier alpha value is -2.67. The molecule has 0 saturated carbocycles. The molecule has 7 heteroatoms. The summed E-state index contributed by atoms with van der Waals surface area (Å²) in [6, 6.07) is 7.07. The Bertz CT molecular complexity index is 688. The van der Waals surface area contributed by atoms with Gasteiger partial charge in [-0.25, -0.2) is 0 Å². The van der Waals surface area contributed by atoms with Crippen molar-refractivity contribution < 1.29 is 14.0 Å². The zero-order chi connectivity index (χ0) is 17.5. The zero-order valence-electron chi connectivity index (χ0n) is 14.0. The average molecular weight is 342 g/mol. The number of piperazine rings is 1. The number of hydrogen-bond acceptors (Lipinski definition) is 5. The van der Waals surface area contributed by atoms with Gasteiger partial charge in [0.25, 0.3) is 0 Å². The lowest BCUT2D eigenvalue weighted by molar-refractivity contribution is -0.134. The fraction of sp³-hybridized carbons (Fsp3) is 0.389. The van der Waals surface area contributed by atoms with Crippen LogP contribution >= 0.6 is 0 Å². The minimum Gasteiger partial charge on any atom is -0.469 e. The molecule has 1 saturated heterocycles. The predicted molar refractivity (Wildman–Crippen MR) is 91.5 cm³/mol. The van der Waals surface area contributed by atoms with E-state index in [4.69, 9.17) is 4.42 Å². The molecule has 0 bridgehead atoms. The number of nitrogens with one attached hydrogen (secondary N) is 2. The van der Waals surface area contributed by atoms with Crippen molar-refractivity contribution in [2.45, 2.75) is 25.4 Å². The van der Waals surface area contributed by atoms with Crippen LogP contribution in [0.2, 0.25) is 0 Å². The van der Waals surface area contributed by atoms with Gasteiger partial charge < -0.3 is 15.1 Å². The van der Waals surface area contributed by atoms with Crippen LogP contribution in [0.3, 0.4) is 0 Å². The molecule has 3 rings (SSSR count). The summed E-state index contributed by atoms with van der Waals surface area (Å²) in [4.78, 5) is 30.6. The molecule has 7 nitrogen and oxygen atoms in total. The van der Waals surface area contributed by atoms with E-state index in [9.17, 15) is 9.59 Å². The summed E-state index contributed by atoms with van der Waals surface area (Å²) >= 11 is 0. The van der Waals surface area contributed by atoms with E-state index in [-0.39, 0.29) is 18.2 Å². The van der Waals surface area contributed by atoms with Gasteiger partial charge in [-0.3, -0.25) is 19.5 Å². The molecule has 2 amide bonds. The van der Waals surface area contributed by atoms with E-state index >= 15 is 0 Å². The standard InChI is InChI=1S/C18H22N4O3/c23-17(20-7-5-15-4-2-10-25-15)11-16-18(24)21-8-9-22(16)13-14-3-1-6-19-12-14/h1-4,6,10,12,16H,5,7-9,11,13H2,(H,20,23)(H,21,24)/t16-/m0/s1. The third kappa shape index (κ3) is 4.90. The highest BCUT2D eigenvalue weighted by atomic mass is 16.3. The average Bonchev–Trinajstić information content (AvgIpc) is 3.12. The van der Waals surface area contributed by atoms with Crippen molar-refractivity contribution in [3.63, 3.8) is 0 Å². The molecule has 2 aromatic rings. The molecule has 3 heterocycles. The molecule has 1 aliphatic rings. The number of aromatic nitrogens is 1. The van der Waals surface area contributed by atoms with Gasteiger partial charge in [0.2, 0.25) is 11.8 Å². The summed E-state index contributed by atoms with van der Waals surface area (Å²) in [6.45, 7) is 2.40. The Labute approximate surface area is 146 Å². The van der Waals surface area contributed by atoms with Gasteiger partial charge in [-0.05, 0) is 23.8 Å². The van der Waals surface area contributed by atoms with Gasteiger partial charge in [-0.15, -0.1) is 0 Å². The molecule has 1 atom stereocenters. The molecule has 0 aliphatic carbocycles. The number of carbonyl (C=O) groups is 2. The molecule has 25 heavy (non-hydrogen) atoms. The molecule has 0 aromatic carbocycles. The number of amides is 2. The van der Waals surface area contributed by atoms with Crippen molar-refractivity contribution in [2.75, 3.05) is 19.6 Å². The fourth-order valence-electron chi connectivity index (χ4n) is 2.93. The topological polar surface area (TPSA) is 87.5 Å². The number of nitrogens with zero attached hydrogens (tertiary/aromatic N) is 2. The number of hydrogen-bond donors (Lipinski definition) is 2. The first-order valence-corrected chi connectivity index (χ1v) is 8.42. The maximum atomic E-state index is 12.2. The Morgan fingerprint density at radius 2 is 2.32 bits per heavy atom. The summed E-state index contributed by atoms with van der Waals surface area (Å²) in [6.07, 6.45) is 5.89. The predicted octanol–water partition coefficient (Wildman–Crippen LogP) is 0.724. The summed E-state index contributed by atoms with van der Waals surface area (Å²) in [5.74, 6) is 0.593. The van der Waals surface area contributed by atoms with E-state index in [1.807, 2.05) is 29.2 Å². The van der Waals surface area contributed by atoms with Crippen LogP contribution < -0.4 is 10.6 Å². The molecule has 0 radical (unpaired) electrons. The van der Waals surface area contributed by atoms with Crippen LogP contribution in [0.4, 0.5) is 0 Å². The van der Waals surface area contributed by atoms with Crippen LogP contribution in [0.25, 0.3) is 0 Å². The first-order valence-electron chi connectivity index (χ1n) is 8.42. The van der Waals surface area contributed by atoms with Crippen molar-refractivity contribution in [3.8, 4) is 0 Å². The summed E-state index contributed by atoms with van der Waals surface area (Å²) in [7, 11) is 0. The Balaban J connectivity index is 1.53. The number of carbonyl (C=O) groups excluding carboxylic acids is 2. The highest BCUT2D eigenvalue weighted by Crippen LogP contribution is 2.13. The van der Waals surface area contributed by atoms with E-state index in [1.54, 1.807) is 18.7 Å². The number of furan rings is 1. The summed E-state index contributed by atoms with van der Waals surface area (Å²) < 4.78 is 5.24. The highest BCUT2D eigenvalue weighted by Gasteiger charge is 2.31. The second kappa shape index (κ2) is 8.43. The van der Waals surface area contributed by atoms with Gasteiger partial charge in [0, 0.05) is 45.0 Å². The van der Waals surface area contributed by atoms with E-state index in [2.05, 4.69) is 15.6 Å². The molecular weight excluding hydrogens is 320 g/mol. The minimum absolute atomic E-state index is 0.101. The lowest BCUT2D eigenvalue weighted by atomic mass is 10.1. The molecule has 0 unspecified atom stereocenters. The van der Waals surface area contributed by atoms with Crippen molar-refractivity contribution in [3.05, 3.63) is 54.2 Å². The fourth-order valence-corrected chi connectivity index (χ4v) is 2.93. The van der Waals surface area contributed by atoms with Crippen LogP contribution in [-0.2, 0) is 22.6 Å². The van der Waals surface area contributed by atoms with Crippen LogP contribution in [0, 0.1) is 0 Å². The van der Waals surface area contributed by atoms with Crippen LogP contribution in [0.15, 0.2) is 47.3 Å². The quantitative estimate of drug-likeness (QED) is 0.774. The highest BCUT2D eigenvalue weighted by molar-refractivity contribution is 5.88. The second-order valence-electron chi connectivity index (χ2n) is 6.02. The third-order valence-electron chi connectivity index (χ3n) is 4.20. The molecular formula is C18H22N4O3. The monoisotopic (exact) mass is 342 g/mol. The third-order valence-corrected chi connectivity index (χ3v) is 4.20. The van der Waals surface area contributed by atoms with Crippen molar-refractivity contribution in [1.82, 2.24) is 20.5 Å². The second-order valence-corrected chi connectivity index (χ2v) is 6.02. The van der Waals surface area contributed by atoms with Crippen molar-refractivity contribution in [1.29, 1.82) is 0 Å². The van der Waals surface area contributed by atoms with E-state index < -0.39 is 6.04 Å². The van der Waals surface area contributed by atoms with Gasteiger partial charge in [-0.1, -0.05) is 6.07 Å². The van der Waals surface area contributed by atoms with Gasteiger partial charge in [0.05, 0.1) is 18.7 Å². The van der Waals surface area contributed by atoms with Gasteiger partial charge in [-0.2, -0.15) is 0 Å². The zero-order valence-corrected chi connectivity index (χ0v) is 14.0. The Morgan fingerprint density at radius 3 is 3.08 bits per heavy atom. The normalized spacial score (nSPS) is 17.9. The first-order chi connectivity index (χ1) is 12.2. The van der Waals surface area contributed by atoms with E-state index in [1.165, 1.54) is 0 Å². The molecule has 2 N–H and O–H groups in total. The Kier molecular flexibility index (Phi) is 5.79. The minimum atomic E-state index is -0.461. The number of rotatable bonds is 7. The lowest BCUT2D eigenvalue weighted by Gasteiger charge is -2.34. The SMILES string of the molecule is O=C(C[C@H]1C(=O)NCCN1Cc1cccnc1)NCCc1ccco1. The summed E-state index contributed by atoms with van der Waals surface area (Å²) in [5.41, 5.74) is 1.03. The van der Waals surface area contributed by atoms with Gasteiger partial charge in [0.1, 0.15) is 5.76 Å². The van der Waals surface area contributed by atoms with Gasteiger partial charge in [0.15, 0.2) is 0 Å². The van der Waals surface area contributed by atoms with E-state index in [0.717, 1.165) is 11.3 Å². The number of pyridine rings is 1. The molecule has 0 spiro atoms. The lowest BCUT2D eigenvalue weighted by Crippen LogP contribution is -2.56. The maximum Gasteiger partial charge on any atom is 0.237 e. The van der Waals surface area contributed by atoms with E-state index in [0.29, 0.717) is 32.6 Å². The molecule has 132 valence electrons. The maximum absolute atomic E-state index is 12.2. The molecule has 2 aromatic heterocycles. The van der Waals surface area contributed by atoms with Crippen LogP contribution in [-0.4, -0.2) is 47.4 Å². The molecule has 1 aliphatic heterocycles. The van der Waals surface area contributed by atoms with Crippen molar-refractivity contribution in [2.24, 2.45) is 0 Å². The Morgan fingerprint density at radius 1 is 1.40 bits per heavy atom.